The van der Waals surface area contributed by atoms with Gasteiger partial charge in [0.1, 0.15) is 5.76 Å². The Kier molecular flexibility index (Phi) is 5.45. The fourth-order valence-corrected chi connectivity index (χ4v) is 9.16. The van der Waals surface area contributed by atoms with E-state index in [9.17, 15) is 4.79 Å². The zero-order valence-electron chi connectivity index (χ0n) is 12.8. The van der Waals surface area contributed by atoms with Gasteiger partial charge in [0.25, 0.3) is 0 Å². The summed E-state index contributed by atoms with van der Waals surface area (Å²) < 4.78 is 5.35. The molecule has 0 unspecified atom stereocenters. The smallest absolute Gasteiger partial charge is 0.340 e. The first kappa shape index (κ1) is 16.5. The summed E-state index contributed by atoms with van der Waals surface area (Å²) in [7, 11) is -1.69. The molecule has 2 nitrogen and oxygen atoms in total. The van der Waals surface area contributed by atoms with Crippen molar-refractivity contribution in [2.24, 2.45) is 0 Å². The zero-order valence-corrected chi connectivity index (χ0v) is 14.5. The molecule has 0 radical (unpaired) electrons. The van der Waals surface area contributed by atoms with Crippen molar-refractivity contribution in [3.63, 3.8) is 0 Å². The number of carbonyl (C=O) groups is 1. The van der Waals surface area contributed by atoms with E-state index >= 15 is 0 Å². The molecule has 0 aromatic carbocycles. The van der Waals surface area contributed by atoms with Gasteiger partial charge in [0.2, 0.25) is 0 Å². The third-order valence-electron chi connectivity index (χ3n) is 4.33. The van der Waals surface area contributed by atoms with E-state index < -0.39 is 8.07 Å². The van der Waals surface area contributed by atoms with Crippen LogP contribution in [0.25, 0.3) is 0 Å². The Balaban J connectivity index is 3.23. The van der Waals surface area contributed by atoms with Gasteiger partial charge in [0, 0.05) is 0 Å². The summed E-state index contributed by atoms with van der Waals surface area (Å²) in [5.74, 6) is 0.638. The molecule has 0 aromatic heterocycles. The van der Waals surface area contributed by atoms with Gasteiger partial charge in [0.05, 0.1) is 19.5 Å². The maximum Gasteiger partial charge on any atom is 0.340 e. The molecule has 0 aliphatic carbocycles. The molecular formula is C15H25ClO2Si. The van der Waals surface area contributed by atoms with Gasteiger partial charge in [-0.1, -0.05) is 47.2 Å². The van der Waals surface area contributed by atoms with Crippen molar-refractivity contribution in [3.05, 3.63) is 23.1 Å². The van der Waals surface area contributed by atoms with Crippen molar-refractivity contribution in [1.29, 1.82) is 0 Å². The number of rotatable bonds is 5. The van der Waals surface area contributed by atoms with Crippen LogP contribution in [0.5, 0.6) is 0 Å². The molecule has 0 aromatic rings. The maximum atomic E-state index is 11.6. The van der Waals surface area contributed by atoms with Crippen molar-refractivity contribution in [3.8, 4) is 0 Å². The number of ether oxygens (including phenoxy) is 1. The number of hydrogen-bond acceptors (Lipinski definition) is 2. The molecule has 0 amide bonds. The van der Waals surface area contributed by atoms with E-state index in [2.05, 4.69) is 47.2 Å². The second kappa shape index (κ2) is 6.27. The quantitative estimate of drug-likeness (QED) is 0.414. The van der Waals surface area contributed by atoms with Gasteiger partial charge in [-0.25, -0.2) is 4.79 Å². The Morgan fingerprint density at radius 2 is 1.63 bits per heavy atom. The van der Waals surface area contributed by atoms with Gasteiger partial charge in [0.15, 0.2) is 0 Å². The van der Waals surface area contributed by atoms with Crippen LogP contribution in [0.3, 0.4) is 0 Å². The fraction of sp³-hybridized carbons (Fsp3) is 0.667. The van der Waals surface area contributed by atoms with Gasteiger partial charge < -0.3 is 4.74 Å². The Hall–Kier alpha value is -0.543. The number of allylic oxidation sites excluding steroid dienone is 1. The van der Waals surface area contributed by atoms with Crippen molar-refractivity contribution in [1.82, 2.24) is 0 Å². The lowest BCUT2D eigenvalue weighted by molar-refractivity contribution is -0.133. The molecule has 1 rings (SSSR count). The Labute approximate surface area is 122 Å². The summed E-state index contributed by atoms with van der Waals surface area (Å²) in [5, 5.41) is 0. The van der Waals surface area contributed by atoms with E-state index in [1.54, 1.807) is 0 Å². The number of hydrogen-bond donors (Lipinski definition) is 0. The number of carbonyl (C=O) groups excluding carboxylic acids is 1. The van der Waals surface area contributed by atoms with Crippen LogP contribution in [0.1, 0.15) is 41.5 Å². The first-order valence-corrected chi connectivity index (χ1v) is 9.81. The third-order valence-corrected chi connectivity index (χ3v) is 11.4. The van der Waals surface area contributed by atoms with Gasteiger partial charge >= 0.3 is 5.97 Å². The first-order valence-electron chi connectivity index (χ1n) is 6.97. The largest absolute Gasteiger partial charge is 0.424 e. The van der Waals surface area contributed by atoms with Crippen LogP contribution in [-0.2, 0) is 9.53 Å². The lowest BCUT2D eigenvalue weighted by Gasteiger charge is -2.40. The standard InChI is InChI=1S/C15H25ClO2Si/c1-10(2)19(11(3)4,12(5)6)9-14-7-13(8-16)15(17)18-14/h7,9-12H,8H2,1-6H3/b14-9-. The van der Waals surface area contributed by atoms with E-state index in [-0.39, 0.29) is 11.8 Å². The normalized spacial score (nSPS) is 18.7. The van der Waals surface area contributed by atoms with Crippen LogP contribution in [-0.4, -0.2) is 19.9 Å². The molecule has 1 aliphatic heterocycles. The molecule has 108 valence electrons. The minimum absolute atomic E-state index is 0.218. The average Bonchev–Trinajstić information content (AvgIpc) is 2.64. The Morgan fingerprint density at radius 1 is 1.16 bits per heavy atom. The highest BCUT2D eigenvalue weighted by Gasteiger charge is 2.42. The average molecular weight is 301 g/mol. The lowest BCUT2D eigenvalue weighted by Crippen LogP contribution is -2.43. The molecule has 0 N–H and O–H groups in total. The predicted octanol–water partition coefficient (Wildman–Crippen LogP) is 4.81. The Bertz CT molecular complexity index is 387. The van der Waals surface area contributed by atoms with Crippen molar-refractivity contribution < 1.29 is 9.53 Å². The summed E-state index contributed by atoms with van der Waals surface area (Å²) in [6.07, 6.45) is 1.81. The number of halogens is 1. The molecule has 0 saturated carbocycles. The molecule has 0 atom stereocenters. The van der Waals surface area contributed by atoms with Gasteiger partial charge in [-0.2, -0.15) is 0 Å². The lowest BCUT2D eigenvalue weighted by atomic mass is 10.3. The highest BCUT2D eigenvalue weighted by molar-refractivity contribution is 6.88. The summed E-state index contributed by atoms with van der Waals surface area (Å²) in [6, 6.07) is 0. The van der Waals surface area contributed by atoms with E-state index in [0.717, 1.165) is 0 Å². The minimum Gasteiger partial charge on any atom is -0.424 e. The molecule has 1 aliphatic rings. The van der Waals surface area contributed by atoms with Crippen LogP contribution in [0.2, 0.25) is 16.6 Å². The van der Waals surface area contributed by atoms with Crippen LogP contribution in [0, 0.1) is 0 Å². The summed E-state index contributed by atoms with van der Waals surface area (Å²) in [5.41, 5.74) is 4.64. The Morgan fingerprint density at radius 3 is 1.95 bits per heavy atom. The highest BCUT2D eigenvalue weighted by atomic mass is 35.5. The fourth-order valence-electron chi connectivity index (χ4n) is 3.34. The molecule has 0 bridgehead atoms. The van der Waals surface area contributed by atoms with Crippen LogP contribution in [0.4, 0.5) is 0 Å². The van der Waals surface area contributed by atoms with E-state index in [1.165, 1.54) is 0 Å². The van der Waals surface area contributed by atoms with Gasteiger partial charge in [-0.15, -0.1) is 11.6 Å². The van der Waals surface area contributed by atoms with Crippen LogP contribution in [0.15, 0.2) is 23.1 Å². The first-order chi connectivity index (χ1) is 8.75. The SMILES string of the molecule is CC(C)[Si](/C=C1/C=C(CCl)C(=O)O1)(C(C)C)C(C)C. The summed E-state index contributed by atoms with van der Waals surface area (Å²) in [6.45, 7) is 13.7. The van der Waals surface area contributed by atoms with Crippen LogP contribution < -0.4 is 0 Å². The van der Waals surface area contributed by atoms with Crippen molar-refractivity contribution in [2.45, 2.75) is 58.2 Å². The monoisotopic (exact) mass is 300 g/mol. The summed E-state index contributed by atoms with van der Waals surface area (Å²) in [4.78, 5) is 11.6. The van der Waals surface area contributed by atoms with E-state index in [4.69, 9.17) is 16.3 Å². The maximum absolute atomic E-state index is 11.6. The number of alkyl halides is 1. The topological polar surface area (TPSA) is 26.3 Å². The molecule has 1 heterocycles. The van der Waals surface area contributed by atoms with E-state index in [0.29, 0.717) is 28.0 Å². The van der Waals surface area contributed by atoms with Gasteiger partial charge in [-0.05, 0) is 22.7 Å². The third kappa shape index (κ3) is 3.14. The molecule has 4 heteroatoms. The van der Waals surface area contributed by atoms with Gasteiger partial charge in [-0.3, -0.25) is 0 Å². The molecular weight excluding hydrogens is 276 g/mol. The molecule has 0 fully saturated rings. The minimum atomic E-state index is -1.69. The molecule has 0 spiro atoms. The second-order valence-corrected chi connectivity index (χ2v) is 12.2. The van der Waals surface area contributed by atoms with E-state index in [1.807, 2.05) is 6.08 Å². The van der Waals surface area contributed by atoms with Crippen LogP contribution >= 0.6 is 11.6 Å². The number of cyclic esters (lactones) is 1. The van der Waals surface area contributed by atoms with Crippen molar-refractivity contribution >= 4 is 25.6 Å². The summed E-state index contributed by atoms with van der Waals surface area (Å²) >= 11 is 5.74. The second-order valence-electron chi connectivity index (χ2n) is 6.20. The number of esters is 1. The molecule has 0 saturated heterocycles. The predicted molar refractivity (Wildman–Crippen MR) is 84.0 cm³/mol. The van der Waals surface area contributed by atoms with Crippen molar-refractivity contribution in [2.75, 3.05) is 5.88 Å². The zero-order chi connectivity index (χ0) is 14.8. The highest BCUT2D eigenvalue weighted by Crippen LogP contribution is 2.43. The molecule has 19 heavy (non-hydrogen) atoms.